The Balaban J connectivity index is 0.000000860. The lowest BCUT2D eigenvalue weighted by Crippen LogP contribution is -2.03. The number of nitroso groups, excluding NO2 is 1. The van der Waals surface area contributed by atoms with Crippen LogP contribution in [0.15, 0.2) is 62.9 Å². The maximum Gasteiger partial charge on any atom is 0.277 e. The minimum Gasteiger partial charge on any atom is -0.456 e. The predicted molar refractivity (Wildman–Crippen MR) is 129 cm³/mol. The van der Waals surface area contributed by atoms with E-state index in [1.807, 2.05) is 27.7 Å². The molecule has 166 valence electrons. The molecule has 0 fully saturated rings. The molecule has 0 aromatic heterocycles. The molecule has 0 atom stereocenters. The highest BCUT2D eigenvalue weighted by molar-refractivity contribution is 6.31. The van der Waals surface area contributed by atoms with Crippen molar-refractivity contribution in [1.82, 2.24) is 0 Å². The monoisotopic (exact) mass is 454 g/mol. The topological polar surface area (TPSA) is 103 Å². The molecular weight excluding hydrogens is 432 g/mol. The van der Waals surface area contributed by atoms with Gasteiger partial charge >= 0.3 is 0 Å². The van der Waals surface area contributed by atoms with Gasteiger partial charge in [0.2, 0.25) is 5.43 Å². The van der Waals surface area contributed by atoms with Crippen LogP contribution < -0.4 is 5.43 Å². The molecule has 0 saturated heterocycles. The van der Waals surface area contributed by atoms with E-state index in [1.165, 1.54) is 24.3 Å². The second-order valence-corrected chi connectivity index (χ2v) is 6.61. The first-order valence-corrected chi connectivity index (χ1v) is 10.6. The van der Waals surface area contributed by atoms with Crippen LogP contribution in [0.4, 0.5) is 11.4 Å². The highest BCUT2D eigenvalue weighted by Gasteiger charge is 2.25. The van der Waals surface area contributed by atoms with Crippen LogP contribution in [0.2, 0.25) is 5.02 Å². The van der Waals surface area contributed by atoms with Crippen molar-refractivity contribution in [1.29, 1.82) is 0 Å². The van der Waals surface area contributed by atoms with E-state index >= 15 is 0 Å². The van der Waals surface area contributed by atoms with Crippen molar-refractivity contribution in [3.05, 3.63) is 84.4 Å². The number of aryl methyl sites for hydroxylation is 1. The number of hydrogen-bond donors (Lipinski definition) is 0. The average Bonchev–Trinajstić information content (AvgIpc) is 2.82. The summed E-state index contributed by atoms with van der Waals surface area (Å²) < 4.78 is 5.89. The van der Waals surface area contributed by atoms with Crippen molar-refractivity contribution < 1.29 is 9.34 Å². The molecule has 0 saturated carbocycles. The highest BCUT2D eigenvalue weighted by Crippen LogP contribution is 2.45. The SMILES string of the molecule is CC.CC.Cc1c(N=O)ccc2c(-c3ccccc3[N+](=O)[O-])c3cc(Cl)c(=O)cc-3oc12. The maximum absolute atomic E-state index is 12.0. The number of nitro groups is 1. The Labute approximate surface area is 190 Å². The third-order valence-electron chi connectivity index (χ3n) is 4.63. The van der Waals surface area contributed by atoms with Crippen LogP contribution >= 0.6 is 11.6 Å². The van der Waals surface area contributed by atoms with Gasteiger partial charge in [-0.3, -0.25) is 14.9 Å². The van der Waals surface area contributed by atoms with E-state index in [4.69, 9.17) is 16.0 Å². The van der Waals surface area contributed by atoms with E-state index in [0.717, 1.165) is 0 Å². The first-order valence-electron chi connectivity index (χ1n) is 10.2. The minimum absolute atomic E-state index is 0.0233. The smallest absolute Gasteiger partial charge is 0.277 e. The van der Waals surface area contributed by atoms with Gasteiger partial charge in [-0.15, -0.1) is 4.91 Å². The van der Waals surface area contributed by atoms with Gasteiger partial charge in [0.1, 0.15) is 17.0 Å². The summed E-state index contributed by atoms with van der Waals surface area (Å²) in [6, 6.07) is 12.1. The van der Waals surface area contributed by atoms with E-state index in [2.05, 4.69) is 5.18 Å². The molecular formula is C24H23ClN2O5. The van der Waals surface area contributed by atoms with E-state index in [1.54, 1.807) is 31.2 Å². The largest absolute Gasteiger partial charge is 0.456 e. The van der Waals surface area contributed by atoms with Crippen LogP contribution in [0.3, 0.4) is 0 Å². The Morgan fingerprint density at radius 2 is 1.66 bits per heavy atom. The van der Waals surface area contributed by atoms with E-state index in [9.17, 15) is 19.8 Å². The Morgan fingerprint density at radius 3 is 2.28 bits per heavy atom. The lowest BCUT2D eigenvalue weighted by molar-refractivity contribution is -0.384. The number of benzene rings is 3. The normalized spacial score (nSPS) is 10.1. The lowest BCUT2D eigenvalue weighted by atomic mass is 9.91. The van der Waals surface area contributed by atoms with Crippen molar-refractivity contribution in [3.8, 4) is 22.5 Å². The fraction of sp³-hybridized carbons (Fsp3) is 0.208. The Hall–Kier alpha value is -3.58. The molecule has 1 aliphatic heterocycles. The van der Waals surface area contributed by atoms with Crippen LogP contribution in [-0.4, -0.2) is 4.92 Å². The van der Waals surface area contributed by atoms with Crippen LogP contribution in [0.25, 0.3) is 33.4 Å². The van der Waals surface area contributed by atoms with Gasteiger partial charge in [-0.05, 0) is 36.4 Å². The van der Waals surface area contributed by atoms with E-state index < -0.39 is 10.4 Å². The zero-order chi connectivity index (χ0) is 24.0. The van der Waals surface area contributed by atoms with Crippen LogP contribution in [-0.2, 0) is 0 Å². The molecule has 4 rings (SSSR count). The van der Waals surface area contributed by atoms with E-state index in [-0.39, 0.29) is 22.2 Å². The average molecular weight is 455 g/mol. The molecule has 0 bridgehead atoms. The molecule has 0 unspecified atom stereocenters. The number of hydrogen-bond acceptors (Lipinski definition) is 6. The fourth-order valence-corrected chi connectivity index (χ4v) is 3.48. The minimum atomic E-state index is -0.477. The number of nitro benzene ring substituents is 1. The van der Waals surface area contributed by atoms with Gasteiger partial charge in [-0.1, -0.05) is 51.4 Å². The molecule has 1 aliphatic carbocycles. The molecule has 2 aromatic carbocycles. The van der Waals surface area contributed by atoms with Crippen molar-refractivity contribution in [3.63, 3.8) is 0 Å². The van der Waals surface area contributed by atoms with Crippen LogP contribution in [0.1, 0.15) is 33.3 Å². The zero-order valence-corrected chi connectivity index (χ0v) is 19.2. The van der Waals surface area contributed by atoms with Gasteiger partial charge in [-0.25, -0.2) is 0 Å². The summed E-state index contributed by atoms with van der Waals surface area (Å²) in [5.41, 5.74) is 1.72. The molecule has 0 radical (unpaired) electrons. The molecule has 0 N–H and O–H groups in total. The van der Waals surface area contributed by atoms with E-state index in [0.29, 0.717) is 33.2 Å². The van der Waals surface area contributed by atoms with Crippen molar-refractivity contribution in [2.24, 2.45) is 5.18 Å². The number of para-hydroxylation sites is 1. The molecule has 7 nitrogen and oxygen atoms in total. The van der Waals surface area contributed by atoms with Gasteiger partial charge < -0.3 is 4.42 Å². The molecule has 2 aliphatic rings. The molecule has 1 heterocycles. The maximum atomic E-state index is 12.0. The first kappa shape index (κ1) is 24.7. The van der Waals surface area contributed by atoms with Gasteiger partial charge in [0.25, 0.3) is 5.69 Å². The quantitative estimate of drug-likeness (QED) is 0.135. The predicted octanol–water partition coefficient (Wildman–Crippen LogP) is 7.89. The summed E-state index contributed by atoms with van der Waals surface area (Å²) in [4.78, 5) is 34.2. The lowest BCUT2D eigenvalue weighted by Gasteiger charge is -2.16. The Bertz CT molecular complexity index is 1310. The number of fused-ring (bicyclic) bond motifs is 2. The second kappa shape index (κ2) is 10.6. The molecule has 32 heavy (non-hydrogen) atoms. The second-order valence-electron chi connectivity index (χ2n) is 6.21. The molecule has 0 spiro atoms. The number of halogens is 1. The van der Waals surface area contributed by atoms with Crippen molar-refractivity contribution in [2.75, 3.05) is 0 Å². The third-order valence-corrected chi connectivity index (χ3v) is 4.93. The van der Waals surface area contributed by atoms with Gasteiger partial charge in [0.15, 0.2) is 0 Å². The van der Waals surface area contributed by atoms with Crippen molar-refractivity contribution >= 4 is 33.9 Å². The van der Waals surface area contributed by atoms with Gasteiger partial charge in [0, 0.05) is 34.2 Å². The summed E-state index contributed by atoms with van der Waals surface area (Å²) >= 11 is 6.04. The summed E-state index contributed by atoms with van der Waals surface area (Å²) in [5, 5.41) is 15.1. The zero-order valence-electron chi connectivity index (χ0n) is 18.4. The number of rotatable bonds is 3. The van der Waals surface area contributed by atoms with Crippen molar-refractivity contribution in [2.45, 2.75) is 34.6 Å². The van der Waals surface area contributed by atoms with Gasteiger partial charge in [0.05, 0.1) is 15.5 Å². The molecule has 0 amide bonds. The summed E-state index contributed by atoms with van der Waals surface area (Å²) in [7, 11) is 0. The Morgan fingerprint density at radius 1 is 1.00 bits per heavy atom. The fourth-order valence-electron chi connectivity index (χ4n) is 3.31. The van der Waals surface area contributed by atoms with Crippen LogP contribution in [0, 0.1) is 21.9 Å². The van der Waals surface area contributed by atoms with Gasteiger partial charge in [-0.2, -0.15) is 0 Å². The van der Waals surface area contributed by atoms with Crippen LogP contribution in [0.5, 0.6) is 0 Å². The third kappa shape index (κ3) is 4.38. The number of nitrogens with zero attached hydrogens (tertiary/aromatic N) is 2. The summed E-state index contributed by atoms with van der Waals surface area (Å²) in [6.45, 7) is 9.66. The first-order chi connectivity index (χ1) is 15.4. The molecule has 8 heteroatoms. The highest BCUT2D eigenvalue weighted by atomic mass is 35.5. The standard InChI is InChI=1S/C20H11ClN2O5.2C2H6/c1-10-15(22-25)7-6-12-19(11-4-2-3-5-16(11)23(26)27)13-8-14(21)17(24)9-18(13)28-20(10)12;2*1-2/h2-9H,1H3;2*1-2H3. The summed E-state index contributed by atoms with van der Waals surface area (Å²) in [5.74, 6) is 0.209. The molecule has 2 aromatic rings. The summed E-state index contributed by atoms with van der Waals surface area (Å²) in [6.07, 6.45) is 0. The Kier molecular flexibility index (Phi) is 8.21.